The van der Waals surface area contributed by atoms with Gasteiger partial charge in [-0.05, 0) is 37.0 Å². The van der Waals surface area contributed by atoms with Gasteiger partial charge in [-0.25, -0.2) is 0 Å². The molecular weight excluding hydrogens is 250 g/mol. The van der Waals surface area contributed by atoms with Crippen molar-refractivity contribution in [2.75, 3.05) is 31.7 Å². The Morgan fingerprint density at radius 2 is 2.17 bits per heavy atom. The van der Waals surface area contributed by atoms with Crippen LogP contribution in [0.3, 0.4) is 0 Å². The van der Waals surface area contributed by atoms with E-state index in [0.29, 0.717) is 16.5 Å². The number of halogens is 1. The van der Waals surface area contributed by atoms with E-state index in [0.717, 1.165) is 44.6 Å². The molecule has 1 fully saturated rings. The number of rotatable bonds is 4. The summed E-state index contributed by atoms with van der Waals surface area (Å²) < 4.78 is 5.36. The van der Waals surface area contributed by atoms with E-state index >= 15 is 0 Å². The first-order valence-electron chi connectivity index (χ1n) is 6.24. The average Bonchev–Trinajstić information content (AvgIpc) is 2.40. The predicted molar refractivity (Wildman–Crippen MR) is 73.7 cm³/mol. The van der Waals surface area contributed by atoms with Gasteiger partial charge in [0.2, 0.25) is 0 Å². The van der Waals surface area contributed by atoms with E-state index in [4.69, 9.17) is 16.3 Å². The average molecular weight is 268 g/mol. The molecule has 1 aliphatic rings. The second-order valence-corrected chi connectivity index (χ2v) is 5.19. The van der Waals surface area contributed by atoms with Gasteiger partial charge in [-0.3, -0.25) is 4.79 Å². The summed E-state index contributed by atoms with van der Waals surface area (Å²) in [6.45, 7) is 2.62. The fourth-order valence-corrected chi connectivity index (χ4v) is 2.53. The number of hydrogen-bond donors (Lipinski definition) is 0. The molecule has 0 spiro atoms. The summed E-state index contributed by atoms with van der Waals surface area (Å²) in [5.74, 6) is 0.627. The number of benzene rings is 1. The fraction of sp³-hybridized carbons (Fsp3) is 0.500. The van der Waals surface area contributed by atoms with Crippen LogP contribution in [0.15, 0.2) is 18.2 Å². The molecule has 0 aliphatic carbocycles. The third kappa shape index (κ3) is 3.24. The molecule has 1 aromatic rings. The number of nitrogens with zero attached hydrogens (tertiary/aromatic N) is 1. The van der Waals surface area contributed by atoms with Crippen molar-refractivity contribution in [3.63, 3.8) is 0 Å². The highest BCUT2D eigenvalue weighted by Gasteiger charge is 2.17. The maximum atomic E-state index is 11.0. The molecule has 2 rings (SSSR count). The Hall–Kier alpha value is -1.06. The quantitative estimate of drug-likeness (QED) is 0.786. The number of carbonyl (C=O) groups is 1. The standard InChI is InChI=1S/C14H18ClNO2/c1-16(9-11-4-6-18-7-5-11)14-8-13(15)3-2-12(14)10-17/h2-3,8,10-11H,4-7,9H2,1H3. The fourth-order valence-electron chi connectivity index (χ4n) is 2.36. The zero-order chi connectivity index (χ0) is 13.0. The lowest BCUT2D eigenvalue weighted by Gasteiger charge is -2.29. The van der Waals surface area contributed by atoms with E-state index in [1.54, 1.807) is 12.1 Å². The molecule has 1 aromatic carbocycles. The minimum atomic E-state index is 0.627. The number of hydrogen-bond acceptors (Lipinski definition) is 3. The zero-order valence-electron chi connectivity index (χ0n) is 10.6. The largest absolute Gasteiger partial charge is 0.381 e. The summed E-state index contributed by atoms with van der Waals surface area (Å²) in [6, 6.07) is 5.37. The normalized spacial score (nSPS) is 16.6. The van der Waals surface area contributed by atoms with Crippen LogP contribution < -0.4 is 4.90 Å². The number of aldehydes is 1. The Kier molecular flexibility index (Phi) is 4.61. The predicted octanol–water partition coefficient (Wildman–Crippen LogP) is 3.02. The summed E-state index contributed by atoms with van der Waals surface area (Å²) in [7, 11) is 2.01. The lowest BCUT2D eigenvalue weighted by molar-refractivity contribution is 0.0685. The first kappa shape index (κ1) is 13.4. The van der Waals surface area contributed by atoms with Gasteiger partial charge in [-0.1, -0.05) is 11.6 Å². The number of ether oxygens (including phenoxy) is 1. The summed E-state index contributed by atoms with van der Waals surface area (Å²) in [4.78, 5) is 13.2. The summed E-state index contributed by atoms with van der Waals surface area (Å²) >= 11 is 6.00. The Bertz CT molecular complexity index is 416. The second-order valence-electron chi connectivity index (χ2n) is 4.76. The molecule has 0 amide bonds. The highest BCUT2D eigenvalue weighted by molar-refractivity contribution is 6.31. The van der Waals surface area contributed by atoms with Crippen LogP contribution in [0.1, 0.15) is 23.2 Å². The van der Waals surface area contributed by atoms with Crippen molar-refractivity contribution in [1.29, 1.82) is 0 Å². The van der Waals surface area contributed by atoms with Crippen LogP contribution in [0.25, 0.3) is 0 Å². The molecule has 1 heterocycles. The molecule has 1 saturated heterocycles. The Morgan fingerprint density at radius 3 is 2.83 bits per heavy atom. The minimum absolute atomic E-state index is 0.627. The molecule has 0 atom stereocenters. The Balaban J connectivity index is 2.09. The van der Waals surface area contributed by atoms with Gasteiger partial charge < -0.3 is 9.64 Å². The maximum absolute atomic E-state index is 11.0. The monoisotopic (exact) mass is 267 g/mol. The van der Waals surface area contributed by atoms with Gasteiger partial charge in [0, 0.05) is 43.1 Å². The third-order valence-corrected chi connectivity index (χ3v) is 3.64. The van der Waals surface area contributed by atoms with Crippen molar-refractivity contribution in [2.24, 2.45) is 5.92 Å². The van der Waals surface area contributed by atoms with E-state index in [9.17, 15) is 4.79 Å². The van der Waals surface area contributed by atoms with Gasteiger partial charge in [-0.15, -0.1) is 0 Å². The van der Waals surface area contributed by atoms with E-state index in [-0.39, 0.29) is 0 Å². The van der Waals surface area contributed by atoms with Crippen molar-refractivity contribution in [1.82, 2.24) is 0 Å². The van der Waals surface area contributed by atoms with E-state index in [1.807, 2.05) is 13.1 Å². The first-order chi connectivity index (χ1) is 8.70. The van der Waals surface area contributed by atoms with Crippen molar-refractivity contribution in [2.45, 2.75) is 12.8 Å². The molecule has 98 valence electrons. The van der Waals surface area contributed by atoms with Crippen LogP contribution in [-0.4, -0.2) is 33.1 Å². The second kappa shape index (κ2) is 6.21. The molecular formula is C14H18ClNO2. The van der Waals surface area contributed by atoms with Gasteiger partial charge in [0.15, 0.2) is 6.29 Å². The Labute approximate surface area is 113 Å². The van der Waals surface area contributed by atoms with Gasteiger partial charge in [-0.2, -0.15) is 0 Å². The van der Waals surface area contributed by atoms with Crippen LogP contribution in [0.5, 0.6) is 0 Å². The van der Waals surface area contributed by atoms with E-state index in [2.05, 4.69) is 4.90 Å². The topological polar surface area (TPSA) is 29.5 Å². The van der Waals surface area contributed by atoms with Gasteiger partial charge in [0.05, 0.1) is 0 Å². The molecule has 4 heteroatoms. The maximum Gasteiger partial charge on any atom is 0.152 e. The lowest BCUT2D eigenvalue weighted by Crippen LogP contribution is -2.30. The van der Waals surface area contributed by atoms with Crippen molar-refractivity contribution in [3.05, 3.63) is 28.8 Å². The number of anilines is 1. The van der Waals surface area contributed by atoms with Crippen LogP contribution in [0, 0.1) is 5.92 Å². The van der Waals surface area contributed by atoms with E-state index < -0.39 is 0 Å². The first-order valence-corrected chi connectivity index (χ1v) is 6.62. The van der Waals surface area contributed by atoms with Gasteiger partial charge >= 0.3 is 0 Å². The minimum Gasteiger partial charge on any atom is -0.381 e. The highest BCUT2D eigenvalue weighted by atomic mass is 35.5. The third-order valence-electron chi connectivity index (χ3n) is 3.40. The lowest BCUT2D eigenvalue weighted by atomic mass is 9.99. The molecule has 0 unspecified atom stereocenters. The zero-order valence-corrected chi connectivity index (χ0v) is 11.3. The summed E-state index contributed by atoms with van der Waals surface area (Å²) in [5, 5.41) is 0.662. The molecule has 0 N–H and O–H groups in total. The Morgan fingerprint density at radius 1 is 1.44 bits per heavy atom. The molecule has 0 radical (unpaired) electrons. The van der Waals surface area contributed by atoms with Crippen LogP contribution in [-0.2, 0) is 4.74 Å². The SMILES string of the molecule is CN(CC1CCOCC1)c1cc(Cl)ccc1C=O. The van der Waals surface area contributed by atoms with Crippen LogP contribution in [0.2, 0.25) is 5.02 Å². The molecule has 18 heavy (non-hydrogen) atoms. The van der Waals surface area contributed by atoms with Crippen molar-refractivity contribution in [3.8, 4) is 0 Å². The number of carbonyl (C=O) groups excluding carboxylic acids is 1. The van der Waals surface area contributed by atoms with Gasteiger partial charge in [0.25, 0.3) is 0 Å². The van der Waals surface area contributed by atoms with Crippen LogP contribution in [0.4, 0.5) is 5.69 Å². The van der Waals surface area contributed by atoms with Crippen LogP contribution >= 0.6 is 11.6 Å². The molecule has 0 saturated carbocycles. The summed E-state index contributed by atoms with van der Waals surface area (Å²) in [6.07, 6.45) is 3.05. The molecule has 0 aromatic heterocycles. The molecule has 3 nitrogen and oxygen atoms in total. The van der Waals surface area contributed by atoms with Gasteiger partial charge in [0.1, 0.15) is 0 Å². The highest BCUT2D eigenvalue weighted by Crippen LogP contribution is 2.25. The molecule has 1 aliphatic heterocycles. The smallest absolute Gasteiger partial charge is 0.152 e. The summed E-state index contributed by atoms with van der Waals surface area (Å²) in [5.41, 5.74) is 1.60. The van der Waals surface area contributed by atoms with E-state index in [1.165, 1.54) is 0 Å². The van der Waals surface area contributed by atoms with Crippen molar-refractivity contribution < 1.29 is 9.53 Å². The van der Waals surface area contributed by atoms with Crippen molar-refractivity contribution >= 4 is 23.6 Å². The molecule has 0 bridgehead atoms.